The fraction of sp³-hybridized carbons (Fsp3) is 0.462. The highest BCUT2D eigenvalue weighted by atomic mass is 16.7. The van der Waals surface area contributed by atoms with Crippen LogP contribution in [0.15, 0.2) is 24.3 Å². The Hall–Kier alpha value is -1.53. The highest BCUT2D eigenvalue weighted by molar-refractivity contribution is 6.11. The van der Waals surface area contributed by atoms with E-state index in [9.17, 15) is 9.90 Å². The third-order valence-corrected chi connectivity index (χ3v) is 2.97. The lowest BCUT2D eigenvalue weighted by molar-refractivity contribution is -0.0186. The molecule has 1 aromatic carbocycles. The summed E-state index contributed by atoms with van der Waals surface area (Å²) in [6, 6.07) is 7.10. The lowest BCUT2D eigenvalue weighted by atomic mass is 9.96. The molecule has 1 unspecified atom stereocenters. The number of hydrogen-bond acceptors (Lipinski definition) is 5. The zero-order chi connectivity index (χ0) is 13.8. The van der Waals surface area contributed by atoms with Gasteiger partial charge in [0.15, 0.2) is 0 Å². The molecule has 3 atom stereocenters. The molecule has 0 aliphatic carbocycles. The Morgan fingerprint density at radius 3 is 3.00 bits per heavy atom. The second-order valence-electron chi connectivity index (χ2n) is 4.77. The molecule has 0 saturated carbocycles. The molecule has 0 aromatic heterocycles. The summed E-state index contributed by atoms with van der Waals surface area (Å²) in [4.78, 5) is 11.5. The first kappa shape index (κ1) is 13.9. The summed E-state index contributed by atoms with van der Waals surface area (Å²) in [6.07, 6.45) is -1.30. The van der Waals surface area contributed by atoms with Gasteiger partial charge in [-0.15, -0.1) is 0 Å². The van der Waals surface area contributed by atoms with Crippen LogP contribution in [0.4, 0.5) is 4.79 Å². The van der Waals surface area contributed by atoms with Crippen LogP contribution in [0.2, 0.25) is 0 Å². The summed E-state index contributed by atoms with van der Waals surface area (Å²) in [6.45, 7) is 1.90. The van der Waals surface area contributed by atoms with Crippen LogP contribution in [0.5, 0.6) is 5.75 Å². The molecule has 0 amide bonds. The van der Waals surface area contributed by atoms with Crippen LogP contribution in [0.1, 0.15) is 12.0 Å². The largest absolute Gasteiger partial charge is 0.513 e. The van der Waals surface area contributed by atoms with Gasteiger partial charge in [0.1, 0.15) is 26.3 Å². The number of aliphatic hydroxyl groups excluding tert-OH is 1. The third-order valence-electron chi connectivity index (χ3n) is 2.97. The molecule has 1 aromatic rings. The number of ether oxygens (including phenoxy) is 3. The molecule has 1 N–H and O–H groups in total. The highest BCUT2D eigenvalue weighted by Gasteiger charge is 2.32. The van der Waals surface area contributed by atoms with Gasteiger partial charge < -0.3 is 19.3 Å². The lowest BCUT2D eigenvalue weighted by Gasteiger charge is -2.14. The lowest BCUT2D eigenvalue weighted by Crippen LogP contribution is -2.28. The molecule has 1 fully saturated rings. The Morgan fingerprint density at radius 2 is 2.37 bits per heavy atom. The fourth-order valence-electron chi connectivity index (χ4n) is 2.04. The van der Waals surface area contributed by atoms with E-state index >= 15 is 0 Å². The number of hydrogen-bond donors (Lipinski definition) is 1. The minimum absolute atomic E-state index is 0.00381. The second-order valence-corrected chi connectivity index (χ2v) is 4.77. The van der Waals surface area contributed by atoms with Gasteiger partial charge in [0.25, 0.3) is 0 Å². The summed E-state index contributed by atoms with van der Waals surface area (Å²) in [5.74, 6) is 0.436. The number of aliphatic hydroxyl groups is 1. The molecule has 102 valence electrons. The predicted molar refractivity (Wildman–Crippen MR) is 71.0 cm³/mol. The molecule has 19 heavy (non-hydrogen) atoms. The van der Waals surface area contributed by atoms with Crippen LogP contribution < -0.4 is 4.74 Å². The van der Waals surface area contributed by atoms with Crippen LogP contribution in [0.25, 0.3) is 0 Å². The van der Waals surface area contributed by atoms with E-state index in [0.29, 0.717) is 12.2 Å². The minimum atomic E-state index is -0.791. The number of aryl methyl sites for hydroxylation is 1. The molecule has 1 heterocycles. The Balaban J connectivity index is 1.79. The molecule has 1 aliphatic heterocycles. The van der Waals surface area contributed by atoms with Gasteiger partial charge in [0.2, 0.25) is 0 Å². The molecule has 0 radical (unpaired) electrons. The molecule has 0 bridgehead atoms. The van der Waals surface area contributed by atoms with Crippen LogP contribution in [-0.2, 0) is 9.47 Å². The summed E-state index contributed by atoms with van der Waals surface area (Å²) < 4.78 is 15.4. The quantitative estimate of drug-likeness (QED) is 0.492. The number of carbonyl (C=O) groups excluding carboxylic acids is 1. The van der Waals surface area contributed by atoms with Gasteiger partial charge in [-0.1, -0.05) is 12.1 Å². The molecule has 0 spiro atoms. The number of carbonyl (C=O) groups is 1. The van der Waals surface area contributed by atoms with Gasteiger partial charge in [-0.3, -0.25) is 0 Å². The molecule has 5 nitrogen and oxygen atoms in total. The van der Waals surface area contributed by atoms with Crippen molar-refractivity contribution in [1.29, 1.82) is 0 Å². The maximum Gasteiger partial charge on any atom is 0.513 e. The van der Waals surface area contributed by atoms with Crippen LogP contribution in [0.3, 0.4) is 0 Å². The molecule has 1 saturated heterocycles. The van der Waals surface area contributed by atoms with Crippen molar-refractivity contribution >= 4 is 14.0 Å². The van der Waals surface area contributed by atoms with Crippen molar-refractivity contribution in [1.82, 2.24) is 0 Å². The molecule has 6 heteroatoms. The van der Waals surface area contributed by atoms with Crippen molar-refractivity contribution < 1.29 is 24.1 Å². The van der Waals surface area contributed by atoms with E-state index in [-0.39, 0.29) is 12.6 Å². The standard InChI is InChI=1S/C13H17BO5/c1-8-3-2-4-9(5-8)18-13(16)17-7-11-10(15)6-12(14)19-11/h2-5,10-12,15H,6-7,14H2,1H3/t10?,11-,12-/m1/s1. The van der Waals surface area contributed by atoms with Crippen LogP contribution in [0, 0.1) is 6.92 Å². The van der Waals surface area contributed by atoms with Crippen molar-refractivity contribution in [2.24, 2.45) is 0 Å². The summed E-state index contributed by atoms with van der Waals surface area (Å²) in [5, 5.41) is 9.64. The monoisotopic (exact) mass is 264 g/mol. The summed E-state index contributed by atoms with van der Waals surface area (Å²) in [7, 11) is 1.87. The Morgan fingerprint density at radius 1 is 1.58 bits per heavy atom. The van der Waals surface area contributed by atoms with Crippen molar-refractivity contribution in [3.8, 4) is 5.75 Å². The molecular formula is C13H17BO5. The van der Waals surface area contributed by atoms with Crippen molar-refractivity contribution in [3.05, 3.63) is 29.8 Å². The average Bonchev–Trinajstić information content (AvgIpc) is 2.65. The second kappa shape index (κ2) is 6.08. The Kier molecular flexibility index (Phi) is 4.45. The fourth-order valence-corrected chi connectivity index (χ4v) is 2.04. The van der Waals surface area contributed by atoms with Gasteiger partial charge in [-0.05, 0) is 31.0 Å². The SMILES string of the molecule is B[C@H]1CC(O)[C@@H](COC(=O)Oc2cccc(C)c2)O1. The first-order valence-electron chi connectivity index (χ1n) is 6.29. The van der Waals surface area contributed by atoms with Crippen molar-refractivity contribution in [2.75, 3.05) is 6.61 Å². The Bertz CT molecular complexity index is 450. The molecule has 1 aliphatic rings. The van der Waals surface area contributed by atoms with Crippen LogP contribution in [-0.4, -0.2) is 43.9 Å². The zero-order valence-electron chi connectivity index (χ0n) is 11.0. The number of rotatable bonds is 3. The Labute approximate surface area is 112 Å². The van der Waals surface area contributed by atoms with E-state index in [1.54, 1.807) is 18.2 Å². The van der Waals surface area contributed by atoms with Gasteiger partial charge in [-0.2, -0.15) is 0 Å². The highest BCUT2D eigenvalue weighted by Crippen LogP contribution is 2.19. The van der Waals surface area contributed by atoms with E-state index in [1.807, 2.05) is 20.8 Å². The number of benzene rings is 1. The predicted octanol–water partition coefficient (Wildman–Crippen LogP) is 0.619. The van der Waals surface area contributed by atoms with E-state index < -0.39 is 18.4 Å². The normalized spacial score (nSPS) is 26.1. The smallest absolute Gasteiger partial charge is 0.431 e. The van der Waals surface area contributed by atoms with Gasteiger partial charge in [-0.25, -0.2) is 4.79 Å². The van der Waals surface area contributed by atoms with Crippen molar-refractivity contribution in [2.45, 2.75) is 31.6 Å². The topological polar surface area (TPSA) is 65.0 Å². The van der Waals surface area contributed by atoms with Gasteiger partial charge in [0, 0.05) is 6.00 Å². The average molecular weight is 264 g/mol. The van der Waals surface area contributed by atoms with Gasteiger partial charge in [0.05, 0.1) is 6.10 Å². The van der Waals surface area contributed by atoms with Gasteiger partial charge >= 0.3 is 6.16 Å². The summed E-state index contributed by atoms with van der Waals surface area (Å²) in [5.41, 5.74) is 0.994. The maximum atomic E-state index is 11.5. The van der Waals surface area contributed by atoms with Crippen LogP contribution >= 0.6 is 0 Å². The molecule has 2 rings (SSSR count). The maximum absolute atomic E-state index is 11.5. The minimum Gasteiger partial charge on any atom is -0.431 e. The van der Waals surface area contributed by atoms with Crippen molar-refractivity contribution in [3.63, 3.8) is 0 Å². The summed E-state index contributed by atoms with van der Waals surface area (Å²) >= 11 is 0. The first-order valence-corrected chi connectivity index (χ1v) is 6.29. The van der Waals surface area contributed by atoms with E-state index in [0.717, 1.165) is 5.56 Å². The third kappa shape index (κ3) is 3.97. The molecular weight excluding hydrogens is 247 g/mol. The van der Waals surface area contributed by atoms with E-state index in [1.165, 1.54) is 0 Å². The zero-order valence-corrected chi connectivity index (χ0v) is 11.0. The first-order chi connectivity index (χ1) is 9.04. The van der Waals surface area contributed by atoms with E-state index in [2.05, 4.69) is 0 Å². The van der Waals surface area contributed by atoms with E-state index in [4.69, 9.17) is 14.2 Å².